The summed E-state index contributed by atoms with van der Waals surface area (Å²) in [6.07, 6.45) is 4.64. The van der Waals surface area contributed by atoms with Crippen molar-refractivity contribution in [1.82, 2.24) is 4.90 Å². The van der Waals surface area contributed by atoms with Crippen LogP contribution in [0.4, 0.5) is 0 Å². The SMILES string of the molecule is CC1(C)C[C@@]2(CCCN(CC(N)=O)C2)CCO1. The highest BCUT2D eigenvalue weighted by Gasteiger charge is 2.43. The van der Waals surface area contributed by atoms with Gasteiger partial charge in [-0.3, -0.25) is 9.69 Å². The number of nitrogens with two attached hydrogens (primary N) is 1. The smallest absolute Gasteiger partial charge is 0.231 e. The molecule has 98 valence electrons. The van der Waals surface area contributed by atoms with Crippen molar-refractivity contribution >= 4 is 5.91 Å². The van der Waals surface area contributed by atoms with Crippen LogP contribution in [-0.2, 0) is 9.53 Å². The van der Waals surface area contributed by atoms with E-state index in [1.807, 2.05) is 0 Å². The zero-order valence-electron chi connectivity index (χ0n) is 11.0. The van der Waals surface area contributed by atoms with Crippen molar-refractivity contribution in [1.29, 1.82) is 0 Å². The topological polar surface area (TPSA) is 55.6 Å². The van der Waals surface area contributed by atoms with Gasteiger partial charge in [-0.15, -0.1) is 0 Å². The average molecular weight is 240 g/mol. The number of amides is 1. The van der Waals surface area contributed by atoms with Crippen molar-refractivity contribution in [3.63, 3.8) is 0 Å². The van der Waals surface area contributed by atoms with Gasteiger partial charge in [0.1, 0.15) is 0 Å². The van der Waals surface area contributed by atoms with Crippen molar-refractivity contribution in [3.05, 3.63) is 0 Å². The molecule has 2 fully saturated rings. The van der Waals surface area contributed by atoms with E-state index < -0.39 is 0 Å². The van der Waals surface area contributed by atoms with Gasteiger partial charge in [-0.1, -0.05) is 0 Å². The van der Waals surface area contributed by atoms with Gasteiger partial charge in [0.25, 0.3) is 0 Å². The Balaban J connectivity index is 2.02. The van der Waals surface area contributed by atoms with Crippen LogP contribution in [0, 0.1) is 5.41 Å². The average Bonchev–Trinajstić information content (AvgIpc) is 2.13. The molecule has 4 heteroatoms. The molecule has 17 heavy (non-hydrogen) atoms. The second-order valence-corrected chi connectivity index (χ2v) is 6.32. The van der Waals surface area contributed by atoms with Crippen molar-refractivity contribution < 1.29 is 9.53 Å². The van der Waals surface area contributed by atoms with E-state index in [-0.39, 0.29) is 11.5 Å². The Morgan fingerprint density at radius 1 is 1.41 bits per heavy atom. The summed E-state index contributed by atoms with van der Waals surface area (Å²) >= 11 is 0. The minimum atomic E-state index is -0.214. The van der Waals surface area contributed by atoms with E-state index in [2.05, 4.69) is 18.7 Å². The van der Waals surface area contributed by atoms with Gasteiger partial charge in [0.15, 0.2) is 0 Å². The standard InChI is InChI=1S/C13H24N2O2/c1-12(2)9-13(5-7-17-12)4-3-6-15(10-13)8-11(14)16/h3-10H2,1-2H3,(H2,14,16)/t13-/m1/s1. The molecule has 0 unspecified atom stereocenters. The lowest BCUT2D eigenvalue weighted by molar-refractivity contribution is -0.129. The summed E-state index contributed by atoms with van der Waals surface area (Å²) in [5.74, 6) is -0.214. The minimum Gasteiger partial charge on any atom is -0.376 e. The van der Waals surface area contributed by atoms with E-state index in [1.165, 1.54) is 12.8 Å². The molecule has 2 heterocycles. The summed E-state index contributed by atoms with van der Waals surface area (Å²) in [5, 5.41) is 0. The Bertz CT molecular complexity index is 300. The maximum Gasteiger partial charge on any atom is 0.231 e. The van der Waals surface area contributed by atoms with E-state index >= 15 is 0 Å². The van der Waals surface area contributed by atoms with E-state index in [0.717, 1.165) is 32.5 Å². The molecule has 2 saturated heterocycles. The van der Waals surface area contributed by atoms with Crippen LogP contribution >= 0.6 is 0 Å². The number of ether oxygens (including phenoxy) is 1. The van der Waals surface area contributed by atoms with Crippen LogP contribution in [0.1, 0.15) is 39.5 Å². The minimum absolute atomic E-state index is 0.0199. The molecule has 0 saturated carbocycles. The van der Waals surface area contributed by atoms with Gasteiger partial charge >= 0.3 is 0 Å². The van der Waals surface area contributed by atoms with Crippen molar-refractivity contribution in [2.24, 2.45) is 11.1 Å². The maximum atomic E-state index is 11.0. The van der Waals surface area contributed by atoms with Crippen LogP contribution in [0.5, 0.6) is 0 Å². The number of hydrogen-bond donors (Lipinski definition) is 1. The Kier molecular flexibility index (Phi) is 3.46. The molecule has 2 aliphatic rings. The van der Waals surface area contributed by atoms with E-state index in [1.54, 1.807) is 0 Å². The van der Waals surface area contributed by atoms with Crippen LogP contribution in [0.15, 0.2) is 0 Å². The summed E-state index contributed by atoms with van der Waals surface area (Å²) in [4.78, 5) is 13.2. The van der Waals surface area contributed by atoms with Crippen LogP contribution in [0.3, 0.4) is 0 Å². The molecule has 0 aromatic carbocycles. The molecule has 0 aromatic rings. The first-order valence-corrected chi connectivity index (χ1v) is 6.56. The Morgan fingerprint density at radius 2 is 2.18 bits per heavy atom. The summed E-state index contributed by atoms with van der Waals surface area (Å²) in [6, 6.07) is 0. The fourth-order valence-electron chi connectivity index (χ4n) is 3.60. The summed E-state index contributed by atoms with van der Waals surface area (Å²) < 4.78 is 5.80. The number of piperidine rings is 1. The first-order chi connectivity index (χ1) is 7.91. The fourth-order valence-corrected chi connectivity index (χ4v) is 3.60. The first kappa shape index (κ1) is 12.8. The molecule has 0 aromatic heterocycles. The van der Waals surface area contributed by atoms with Crippen molar-refractivity contribution in [3.8, 4) is 0 Å². The maximum absolute atomic E-state index is 11.0. The Hall–Kier alpha value is -0.610. The number of carbonyl (C=O) groups excluding carboxylic acids is 1. The predicted octanol–water partition coefficient (Wildman–Crippen LogP) is 1.14. The molecule has 0 aliphatic carbocycles. The largest absolute Gasteiger partial charge is 0.376 e. The molecule has 1 atom stereocenters. The Labute approximate surface area is 103 Å². The molecular formula is C13H24N2O2. The molecule has 2 rings (SSSR count). The molecule has 2 aliphatic heterocycles. The number of primary amides is 1. The monoisotopic (exact) mass is 240 g/mol. The lowest BCUT2D eigenvalue weighted by Gasteiger charge is -2.49. The van der Waals surface area contributed by atoms with E-state index in [9.17, 15) is 4.79 Å². The summed E-state index contributed by atoms with van der Waals surface area (Å²) in [7, 11) is 0. The van der Waals surface area contributed by atoms with Crippen LogP contribution in [0.25, 0.3) is 0 Å². The highest BCUT2D eigenvalue weighted by Crippen LogP contribution is 2.44. The zero-order chi connectivity index (χ0) is 12.5. The van der Waals surface area contributed by atoms with E-state index in [4.69, 9.17) is 10.5 Å². The molecule has 2 N–H and O–H groups in total. The lowest BCUT2D eigenvalue weighted by atomic mass is 9.69. The molecule has 4 nitrogen and oxygen atoms in total. The van der Waals surface area contributed by atoms with Crippen molar-refractivity contribution in [2.45, 2.75) is 45.1 Å². The van der Waals surface area contributed by atoms with Gasteiger partial charge < -0.3 is 10.5 Å². The highest BCUT2D eigenvalue weighted by molar-refractivity contribution is 5.75. The normalized spacial score (nSPS) is 33.8. The second-order valence-electron chi connectivity index (χ2n) is 6.32. The van der Waals surface area contributed by atoms with Gasteiger partial charge in [0.05, 0.1) is 12.1 Å². The van der Waals surface area contributed by atoms with Gasteiger partial charge in [-0.05, 0) is 51.5 Å². The third kappa shape index (κ3) is 3.19. The van der Waals surface area contributed by atoms with Gasteiger partial charge in [0, 0.05) is 13.2 Å². The van der Waals surface area contributed by atoms with Crippen LogP contribution in [-0.4, -0.2) is 42.6 Å². The van der Waals surface area contributed by atoms with Gasteiger partial charge in [-0.25, -0.2) is 0 Å². The van der Waals surface area contributed by atoms with E-state index in [0.29, 0.717) is 12.0 Å². The van der Waals surface area contributed by atoms with Crippen molar-refractivity contribution in [2.75, 3.05) is 26.2 Å². The number of likely N-dealkylation sites (tertiary alicyclic amines) is 1. The predicted molar refractivity (Wildman–Crippen MR) is 66.6 cm³/mol. The molecule has 1 spiro atoms. The molecule has 0 bridgehead atoms. The first-order valence-electron chi connectivity index (χ1n) is 6.56. The molecule has 0 radical (unpaired) electrons. The summed E-state index contributed by atoms with van der Waals surface area (Å²) in [5.41, 5.74) is 5.61. The number of hydrogen-bond acceptors (Lipinski definition) is 3. The number of rotatable bonds is 2. The van der Waals surface area contributed by atoms with Gasteiger partial charge in [-0.2, -0.15) is 0 Å². The third-order valence-corrected chi connectivity index (χ3v) is 4.05. The van der Waals surface area contributed by atoms with Gasteiger partial charge in [0.2, 0.25) is 5.91 Å². The van der Waals surface area contributed by atoms with Crippen LogP contribution < -0.4 is 5.73 Å². The quantitative estimate of drug-likeness (QED) is 0.787. The number of nitrogens with zero attached hydrogens (tertiary/aromatic N) is 1. The molecule has 1 amide bonds. The second kappa shape index (κ2) is 4.58. The third-order valence-electron chi connectivity index (χ3n) is 4.05. The summed E-state index contributed by atoms with van der Waals surface area (Å²) in [6.45, 7) is 7.59. The Morgan fingerprint density at radius 3 is 2.82 bits per heavy atom. The van der Waals surface area contributed by atoms with Crippen LogP contribution in [0.2, 0.25) is 0 Å². The fraction of sp³-hybridized carbons (Fsp3) is 0.923. The zero-order valence-corrected chi connectivity index (χ0v) is 11.0. The molecular weight excluding hydrogens is 216 g/mol. The number of carbonyl (C=O) groups is 1. The lowest BCUT2D eigenvalue weighted by Crippen LogP contribution is -2.52. The highest BCUT2D eigenvalue weighted by atomic mass is 16.5.